The van der Waals surface area contributed by atoms with Crippen molar-refractivity contribution >= 4 is 27.7 Å². The maximum atomic E-state index is 13.6. The number of rotatable bonds is 11. The van der Waals surface area contributed by atoms with Gasteiger partial charge in [-0.25, -0.2) is 4.39 Å². The monoisotopic (exact) mass is 568 g/mol. The van der Waals surface area contributed by atoms with Crippen molar-refractivity contribution in [2.75, 3.05) is 13.2 Å². The molecule has 0 radical (unpaired) electrons. The number of benzene rings is 3. The quantitative estimate of drug-likeness (QED) is 0.309. The van der Waals surface area contributed by atoms with Crippen LogP contribution in [0.25, 0.3) is 0 Å². The van der Waals surface area contributed by atoms with Crippen LogP contribution in [-0.2, 0) is 22.6 Å². The van der Waals surface area contributed by atoms with E-state index in [4.69, 9.17) is 4.74 Å². The zero-order valence-electron chi connectivity index (χ0n) is 21.8. The maximum Gasteiger partial charge on any atom is 0.261 e. The molecule has 0 aromatic heterocycles. The second-order valence-corrected chi connectivity index (χ2v) is 10.4. The Morgan fingerprint density at radius 2 is 1.59 bits per heavy atom. The topological polar surface area (TPSA) is 58.6 Å². The van der Waals surface area contributed by atoms with Crippen LogP contribution in [0, 0.1) is 25.6 Å². The normalized spacial score (nSPS) is 11.8. The molecule has 7 heteroatoms. The molecule has 0 spiro atoms. The molecule has 1 atom stereocenters. The van der Waals surface area contributed by atoms with Crippen LogP contribution in [0.5, 0.6) is 5.75 Å². The van der Waals surface area contributed by atoms with Crippen LogP contribution in [0.15, 0.2) is 71.2 Å². The van der Waals surface area contributed by atoms with Gasteiger partial charge in [-0.05, 0) is 66.3 Å². The summed E-state index contributed by atoms with van der Waals surface area (Å²) in [7, 11) is 0. The number of nitrogens with one attached hydrogen (secondary N) is 1. The molecule has 5 nitrogen and oxygen atoms in total. The lowest BCUT2D eigenvalue weighted by Crippen LogP contribution is -2.52. The highest BCUT2D eigenvalue weighted by atomic mass is 79.9. The summed E-state index contributed by atoms with van der Waals surface area (Å²) in [5, 5.41) is 2.99. The number of nitrogens with zero attached hydrogens (tertiary/aromatic N) is 1. The summed E-state index contributed by atoms with van der Waals surface area (Å²) in [6.45, 7) is 8.37. The minimum absolute atomic E-state index is 0.146. The van der Waals surface area contributed by atoms with Crippen LogP contribution < -0.4 is 10.1 Å². The van der Waals surface area contributed by atoms with Gasteiger partial charge >= 0.3 is 0 Å². The highest BCUT2D eigenvalue weighted by Crippen LogP contribution is 2.26. The number of hydrogen-bond donors (Lipinski definition) is 1. The average molecular weight is 570 g/mol. The molecule has 0 unspecified atom stereocenters. The summed E-state index contributed by atoms with van der Waals surface area (Å²) in [4.78, 5) is 28.6. The molecule has 2 amide bonds. The Bertz CT molecular complexity index is 1180. The molecule has 0 aliphatic rings. The predicted molar refractivity (Wildman–Crippen MR) is 148 cm³/mol. The van der Waals surface area contributed by atoms with E-state index in [0.717, 1.165) is 26.7 Å². The highest BCUT2D eigenvalue weighted by molar-refractivity contribution is 9.10. The van der Waals surface area contributed by atoms with Crippen LogP contribution in [0.2, 0.25) is 0 Å². The van der Waals surface area contributed by atoms with E-state index in [0.29, 0.717) is 18.7 Å². The van der Waals surface area contributed by atoms with E-state index in [2.05, 4.69) is 21.2 Å². The van der Waals surface area contributed by atoms with Gasteiger partial charge in [0, 0.05) is 24.0 Å². The third kappa shape index (κ3) is 8.42. The second kappa shape index (κ2) is 13.4. The Hall–Kier alpha value is -3.19. The summed E-state index contributed by atoms with van der Waals surface area (Å²) in [6, 6.07) is 18.5. The fourth-order valence-corrected chi connectivity index (χ4v) is 4.21. The van der Waals surface area contributed by atoms with Crippen LogP contribution in [0.3, 0.4) is 0 Å². The highest BCUT2D eigenvalue weighted by Gasteiger charge is 2.30. The Kier molecular flexibility index (Phi) is 10.3. The largest absolute Gasteiger partial charge is 0.484 e. The molecule has 0 bridgehead atoms. The van der Waals surface area contributed by atoms with E-state index in [9.17, 15) is 14.0 Å². The molecule has 0 saturated carbocycles. The van der Waals surface area contributed by atoms with Gasteiger partial charge in [-0.1, -0.05) is 72.2 Å². The summed E-state index contributed by atoms with van der Waals surface area (Å²) >= 11 is 3.55. The smallest absolute Gasteiger partial charge is 0.261 e. The molecule has 3 aromatic carbocycles. The van der Waals surface area contributed by atoms with E-state index in [1.165, 1.54) is 17.0 Å². The molecule has 0 saturated heterocycles. The van der Waals surface area contributed by atoms with E-state index in [1.54, 1.807) is 12.1 Å². The van der Waals surface area contributed by atoms with Crippen molar-refractivity contribution in [1.29, 1.82) is 0 Å². The molecule has 0 aliphatic carbocycles. The van der Waals surface area contributed by atoms with Gasteiger partial charge < -0.3 is 15.0 Å². The van der Waals surface area contributed by atoms with E-state index >= 15 is 0 Å². The van der Waals surface area contributed by atoms with Gasteiger partial charge in [-0.2, -0.15) is 0 Å². The number of hydrogen-bond acceptors (Lipinski definition) is 3. The first kappa shape index (κ1) is 28.4. The first-order valence-corrected chi connectivity index (χ1v) is 13.2. The van der Waals surface area contributed by atoms with Gasteiger partial charge in [0.15, 0.2) is 6.61 Å². The summed E-state index contributed by atoms with van der Waals surface area (Å²) in [6.07, 6.45) is 0.341. The van der Waals surface area contributed by atoms with Gasteiger partial charge in [0.05, 0.1) is 0 Å². The molecule has 196 valence electrons. The van der Waals surface area contributed by atoms with Gasteiger partial charge in [-0.3, -0.25) is 9.59 Å². The molecular formula is C30H34BrFN2O3. The standard InChI is InChI=1S/C30H34BrFN2O3/c1-20(2)17-33-30(36)27(16-23-8-6-5-7-9-23)34(18-24-10-12-25(32)13-11-24)28(35)19-37-26-14-21(3)29(31)22(4)15-26/h5-15,20,27H,16-19H2,1-4H3,(H,33,36)/t27-/m1/s1. The lowest BCUT2D eigenvalue weighted by molar-refractivity contribution is -0.142. The molecule has 3 rings (SSSR count). The summed E-state index contributed by atoms with van der Waals surface area (Å²) in [5.74, 6) is -0.0834. The number of carbonyl (C=O) groups is 2. The molecular weight excluding hydrogens is 535 g/mol. The van der Waals surface area contributed by atoms with Crippen molar-refractivity contribution < 1.29 is 18.7 Å². The Morgan fingerprint density at radius 3 is 2.19 bits per heavy atom. The number of amides is 2. The minimum atomic E-state index is -0.768. The van der Waals surface area contributed by atoms with Crippen molar-refractivity contribution in [2.45, 2.75) is 46.7 Å². The third-order valence-corrected chi connectivity index (χ3v) is 7.24. The van der Waals surface area contributed by atoms with Crippen molar-refractivity contribution in [3.8, 4) is 5.75 Å². The van der Waals surface area contributed by atoms with E-state index in [-0.39, 0.29) is 36.7 Å². The van der Waals surface area contributed by atoms with Crippen molar-refractivity contribution in [3.05, 3.63) is 99.3 Å². The lowest BCUT2D eigenvalue weighted by Gasteiger charge is -2.31. The fraction of sp³-hybridized carbons (Fsp3) is 0.333. The first-order chi connectivity index (χ1) is 17.6. The number of halogens is 2. The molecule has 37 heavy (non-hydrogen) atoms. The van der Waals surface area contributed by atoms with Crippen molar-refractivity contribution in [2.24, 2.45) is 5.92 Å². The van der Waals surface area contributed by atoms with Crippen LogP contribution >= 0.6 is 15.9 Å². The minimum Gasteiger partial charge on any atom is -0.484 e. The second-order valence-electron chi connectivity index (χ2n) is 9.65. The third-order valence-electron chi connectivity index (χ3n) is 5.99. The van der Waals surface area contributed by atoms with Crippen molar-refractivity contribution in [1.82, 2.24) is 10.2 Å². The zero-order valence-corrected chi connectivity index (χ0v) is 23.3. The number of ether oxygens (including phenoxy) is 1. The molecule has 0 aliphatic heterocycles. The summed E-state index contributed by atoms with van der Waals surface area (Å²) < 4.78 is 20.5. The van der Waals surface area contributed by atoms with Crippen molar-refractivity contribution in [3.63, 3.8) is 0 Å². The Balaban J connectivity index is 1.91. The van der Waals surface area contributed by atoms with Crippen LogP contribution in [-0.4, -0.2) is 35.9 Å². The Labute approximate surface area is 227 Å². The number of carbonyl (C=O) groups excluding carboxylic acids is 2. The SMILES string of the molecule is Cc1cc(OCC(=O)N(Cc2ccc(F)cc2)[C@H](Cc2ccccc2)C(=O)NCC(C)C)cc(C)c1Br. The van der Waals surface area contributed by atoms with E-state index < -0.39 is 6.04 Å². The van der Waals surface area contributed by atoms with Crippen LogP contribution in [0.4, 0.5) is 4.39 Å². The molecule has 0 heterocycles. The maximum absolute atomic E-state index is 13.6. The van der Waals surface area contributed by atoms with Crippen LogP contribution in [0.1, 0.15) is 36.1 Å². The predicted octanol–water partition coefficient (Wildman–Crippen LogP) is 6.00. The van der Waals surface area contributed by atoms with Gasteiger partial charge in [-0.15, -0.1) is 0 Å². The first-order valence-electron chi connectivity index (χ1n) is 12.4. The average Bonchev–Trinajstić information content (AvgIpc) is 2.88. The molecule has 1 N–H and O–H groups in total. The molecule has 0 fully saturated rings. The molecule has 3 aromatic rings. The van der Waals surface area contributed by atoms with Gasteiger partial charge in [0.2, 0.25) is 5.91 Å². The van der Waals surface area contributed by atoms with E-state index in [1.807, 2.05) is 70.2 Å². The van der Waals surface area contributed by atoms with Gasteiger partial charge in [0.1, 0.15) is 17.6 Å². The fourth-order valence-electron chi connectivity index (χ4n) is 3.98. The lowest BCUT2D eigenvalue weighted by atomic mass is 10.0. The summed E-state index contributed by atoms with van der Waals surface area (Å²) in [5.41, 5.74) is 3.66. The zero-order chi connectivity index (χ0) is 26.9. The number of aryl methyl sites for hydroxylation is 2. The Morgan fingerprint density at radius 1 is 0.973 bits per heavy atom. The van der Waals surface area contributed by atoms with Gasteiger partial charge in [0.25, 0.3) is 5.91 Å².